The Labute approximate surface area is 406 Å². The summed E-state index contributed by atoms with van der Waals surface area (Å²) < 4.78 is 137. The third kappa shape index (κ3) is 10.9. The number of benzene rings is 5. The van der Waals surface area contributed by atoms with Crippen molar-refractivity contribution in [1.82, 2.24) is 15.0 Å². The molecule has 0 amide bonds. The van der Waals surface area contributed by atoms with Gasteiger partial charge in [-0.1, -0.05) is 139 Å². The van der Waals surface area contributed by atoms with Crippen LogP contribution in [0.2, 0.25) is 0 Å². The molecule has 0 radical (unpaired) electrons. The summed E-state index contributed by atoms with van der Waals surface area (Å²) in [4.78, 5) is 13.8. The highest BCUT2D eigenvalue weighted by Gasteiger charge is 2.19. The molecule has 4 aromatic heterocycles. The average Bonchev–Trinajstić information content (AvgIpc) is 3.91. The molecular weight excluding hydrogens is 810 g/mol. The fourth-order valence-corrected chi connectivity index (χ4v) is 8.06. The zero-order chi connectivity index (χ0) is 56.6. The fourth-order valence-electron chi connectivity index (χ4n) is 8.06. The van der Waals surface area contributed by atoms with Crippen molar-refractivity contribution in [3.8, 4) is 33.8 Å². The molecule has 4 nitrogen and oxygen atoms in total. The van der Waals surface area contributed by atoms with Gasteiger partial charge in [0, 0.05) is 68.6 Å². The number of nitrogens with zero attached hydrogens (tertiary/aromatic N) is 3. The Hall–Kier alpha value is -6.72. The number of hydrogen-bond donors (Lipinski definition) is 0. The van der Waals surface area contributed by atoms with Crippen LogP contribution in [-0.4, -0.2) is 15.0 Å². The molecule has 66 heavy (non-hydrogen) atoms. The van der Waals surface area contributed by atoms with Crippen molar-refractivity contribution in [3.05, 3.63) is 208 Å². The molecule has 0 aliphatic rings. The average molecular weight is 882 g/mol. The van der Waals surface area contributed by atoms with E-state index in [-0.39, 0.29) is 16.7 Å². The van der Waals surface area contributed by atoms with Crippen LogP contribution in [-0.2, 0) is 51.1 Å². The first-order chi connectivity index (χ1) is 36.3. The van der Waals surface area contributed by atoms with Crippen LogP contribution >= 0.6 is 0 Å². The molecule has 0 unspecified atom stereocenters. The molecule has 0 aliphatic carbocycles. The van der Waals surface area contributed by atoms with Crippen molar-refractivity contribution in [2.45, 2.75) is 92.6 Å². The molecule has 0 aliphatic heterocycles. The van der Waals surface area contributed by atoms with Crippen molar-refractivity contribution in [3.63, 3.8) is 0 Å². The highest BCUT2D eigenvalue weighted by atomic mass is 19.1. The predicted octanol–water partition coefficient (Wildman–Crippen LogP) is 15.4. The van der Waals surface area contributed by atoms with Gasteiger partial charge >= 0.3 is 0 Å². The van der Waals surface area contributed by atoms with E-state index in [0.717, 1.165) is 29.3 Å². The summed E-state index contributed by atoms with van der Waals surface area (Å²) in [5.41, 5.74) is 2.10. The number of fused-ring (bicyclic) bond motifs is 3. The van der Waals surface area contributed by atoms with E-state index in [1.54, 1.807) is 30.3 Å². The smallest absolute Gasteiger partial charge is 0.144 e. The predicted molar refractivity (Wildman–Crippen MR) is 271 cm³/mol. The highest BCUT2D eigenvalue weighted by Crippen LogP contribution is 2.36. The maximum atomic E-state index is 14.2. The second-order valence-corrected chi connectivity index (χ2v) is 19.1. The highest BCUT2D eigenvalue weighted by molar-refractivity contribution is 6.09. The number of hydrogen-bond acceptors (Lipinski definition) is 4. The van der Waals surface area contributed by atoms with Crippen LogP contribution in [0.25, 0.3) is 55.7 Å². The Morgan fingerprint density at radius 1 is 0.455 bits per heavy atom. The minimum atomic E-state index is -3.15. The van der Waals surface area contributed by atoms with Gasteiger partial charge in [0.05, 0.1) is 17.1 Å². The van der Waals surface area contributed by atoms with Gasteiger partial charge in [-0.15, -0.1) is 0 Å². The molecule has 0 atom stereocenters. The van der Waals surface area contributed by atoms with E-state index in [1.165, 1.54) is 42.9 Å². The molecule has 0 N–H and O–H groups in total. The van der Waals surface area contributed by atoms with Crippen molar-refractivity contribution >= 4 is 21.9 Å². The minimum absolute atomic E-state index is 0.0983. The number of aryl methyl sites for hydroxylation is 6. The van der Waals surface area contributed by atoms with Crippen LogP contribution in [0.3, 0.4) is 0 Å². The zero-order valence-electron chi connectivity index (χ0n) is 50.1. The van der Waals surface area contributed by atoms with Crippen LogP contribution < -0.4 is 0 Å². The van der Waals surface area contributed by atoms with Gasteiger partial charge in [0.25, 0.3) is 0 Å². The summed E-state index contributed by atoms with van der Waals surface area (Å²) in [5.74, 6) is -0.475. The van der Waals surface area contributed by atoms with Gasteiger partial charge in [0.15, 0.2) is 0 Å². The van der Waals surface area contributed by atoms with E-state index in [0.29, 0.717) is 68.6 Å². The molecule has 9 rings (SSSR count). The Bertz CT molecular complexity index is 3540. The molecule has 0 fully saturated rings. The number of aromatic nitrogens is 3. The number of furan rings is 1. The largest absolute Gasteiger partial charge is 0.455 e. The van der Waals surface area contributed by atoms with Gasteiger partial charge in [0.2, 0.25) is 0 Å². The third-order valence-corrected chi connectivity index (χ3v) is 11.0. The molecule has 332 valence electrons. The second-order valence-electron chi connectivity index (χ2n) is 19.1. The van der Waals surface area contributed by atoms with Gasteiger partial charge in [-0.2, -0.15) is 0 Å². The van der Waals surface area contributed by atoms with Crippen molar-refractivity contribution in [1.29, 1.82) is 0 Å². The number of halogens is 1. The summed E-state index contributed by atoms with van der Waals surface area (Å²) in [5, 5.41) is 1.37. The molecule has 0 spiro atoms. The van der Waals surface area contributed by atoms with E-state index in [9.17, 15) is 20.8 Å². The van der Waals surface area contributed by atoms with Gasteiger partial charge in [-0.25, -0.2) is 4.39 Å². The van der Waals surface area contributed by atoms with Gasteiger partial charge in [-0.05, 0) is 143 Å². The van der Waals surface area contributed by atoms with Crippen LogP contribution in [0.1, 0.15) is 102 Å². The number of pyridine rings is 3. The monoisotopic (exact) mass is 882 g/mol. The molecule has 0 bridgehead atoms. The maximum absolute atomic E-state index is 14.2. The van der Waals surface area contributed by atoms with Crippen LogP contribution in [0, 0.1) is 16.6 Å². The minimum Gasteiger partial charge on any atom is -0.455 e. The van der Waals surface area contributed by atoms with Crippen molar-refractivity contribution in [2.24, 2.45) is 10.8 Å². The number of rotatable bonds is 14. The second kappa shape index (κ2) is 19.0. The third-order valence-electron chi connectivity index (χ3n) is 11.0. The lowest BCUT2D eigenvalue weighted by Gasteiger charge is -2.21. The van der Waals surface area contributed by atoms with E-state index in [2.05, 4.69) is 15.0 Å². The van der Waals surface area contributed by atoms with E-state index in [4.69, 9.17) is 4.42 Å². The lowest BCUT2D eigenvalue weighted by Crippen LogP contribution is -2.12. The van der Waals surface area contributed by atoms with E-state index >= 15 is 0 Å². The Kier molecular flexibility index (Phi) is 9.23. The Morgan fingerprint density at radius 2 is 0.970 bits per heavy atom. The normalized spacial score (nSPS) is 16.0. The van der Waals surface area contributed by atoms with Crippen LogP contribution in [0.15, 0.2) is 163 Å². The molecule has 5 heteroatoms. The standard InChI is InChI=1S/C61H60FN3O/c1-60(2,3)36-49-33-56(45-14-9-7-10-15-45)64-39-47(49)25-22-43-30-42(31-44(32-43)23-26-48-40-65-57(46-16-11-8-12-17-46)34-50(48)37-61(4,5)6)21-20-41-24-29-55(63-38-41)54-19-13-18-53-52-28-27-51(62)35-58(52)66-59(53)54/h7-19,24,27-35,38-40H,20-23,25-26,36-37H2,1-6H3/i20D2,21D2,22D2,23D2,25D2,26D2. The summed E-state index contributed by atoms with van der Waals surface area (Å²) in [7, 11) is 0. The molecule has 0 saturated heterocycles. The van der Waals surface area contributed by atoms with Crippen LogP contribution in [0.5, 0.6) is 0 Å². The van der Waals surface area contributed by atoms with Gasteiger partial charge in [0.1, 0.15) is 17.0 Å². The zero-order valence-corrected chi connectivity index (χ0v) is 38.1. The Balaban J connectivity index is 1.20. The summed E-state index contributed by atoms with van der Waals surface area (Å²) in [6.45, 7) is 11.8. The first kappa shape index (κ1) is 32.0. The number of para-hydroxylation sites is 1. The summed E-state index contributed by atoms with van der Waals surface area (Å²) in [6.07, 6.45) is -14.0. The van der Waals surface area contributed by atoms with Crippen molar-refractivity contribution < 1.29 is 25.3 Å². The lowest BCUT2D eigenvalue weighted by molar-refractivity contribution is 0.409. The van der Waals surface area contributed by atoms with Crippen LogP contribution in [0.4, 0.5) is 4.39 Å². The van der Waals surface area contributed by atoms with Gasteiger partial charge in [-0.3, -0.25) is 15.0 Å². The quantitative estimate of drug-likeness (QED) is 0.109. The van der Waals surface area contributed by atoms with E-state index < -0.39 is 71.6 Å². The fraction of sp³-hybridized carbons (Fsp3) is 0.262. The lowest BCUT2D eigenvalue weighted by atomic mass is 9.84. The van der Waals surface area contributed by atoms with E-state index in [1.807, 2.05) is 108 Å². The Morgan fingerprint density at radius 3 is 1.48 bits per heavy atom. The summed E-state index contributed by atoms with van der Waals surface area (Å²) >= 11 is 0. The molecule has 9 aromatic rings. The molecular formula is C61H60FN3O. The SMILES string of the molecule is [2H]C([2H])(c1ccc(-c2cccc3c2oc2cc(F)ccc23)nc1)C([2H])([2H])c1cc(C([2H])([2H])C([2H])([2H])c2cnc(-c3ccccc3)cc2CC(C)(C)C)cc(C([2H])([2H])C([2H])([2H])c2cnc(-c3ccccc3)cc2CC(C)(C)C)c1. The first-order valence-electron chi connectivity index (χ1n) is 28.2. The van der Waals surface area contributed by atoms with Gasteiger partial charge < -0.3 is 4.42 Å². The molecule has 4 heterocycles. The molecule has 0 saturated carbocycles. The molecule has 5 aromatic carbocycles. The maximum Gasteiger partial charge on any atom is 0.144 e. The first-order valence-corrected chi connectivity index (χ1v) is 22.2. The topological polar surface area (TPSA) is 51.8 Å². The summed E-state index contributed by atoms with van der Waals surface area (Å²) in [6, 6.07) is 37.5. The van der Waals surface area contributed by atoms with Crippen molar-refractivity contribution in [2.75, 3.05) is 0 Å².